The van der Waals surface area contributed by atoms with Gasteiger partial charge >= 0.3 is 0 Å². The highest BCUT2D eigenvalue weighted by molar-refractivity contribution is 5.96. The van der Waals surface area contributed by atoms with Gasteiger partial charge in [0.25, 0.3) is 0 Å². The van der Waals surface area contributed by atoms with Crippen LogP contribution >= 0.6 is 0 Å². The second-order valence-corrected chi connectivity index (χ2v) is 6.74. The number of aromatic amines is 1. The van der Waals surface area contributed by atoms with Crippen molar-refractivity contribution in [2.45, 2.75) is 6.92 Å². The highest BCUT2D eigenvalue weighted by atomic mass is 16.5. The molecule has 2 aromatic carbocycles. The summed E-state index contributed by atoms with van der Waals surface area (Å²) in [5.41, 5.74) is 5.25. The molecule has 0 saturated heterocycles. The summed E-state index contributed by atoms with van der Waals surface area (Å²) in [4.78, 5) is 20.9. The molecule has 0 spiro atoms. The van der Waals surface area contributed by atoms with Crippen LogP contribution in [0.2, 0.25) is 0 Å². The molecular weight excluding hydrogens is 364 g/mol. The van der Waals surface area contributed by atoms with Crippen LogP contribution < -0.4 is 10.1 Å². The number of hydrogen-bond acceptors (Lipinski definition) is 6. The van der Waals surface area contributed by atoms with Gasteiger partial charge in [0.1, 0.15) is 17.9 Å². The Bertz CT molecular complexity index is 1340. The van der Waals surface area contributed by atoms with Crippen molar-refractivity contribution in [3.05, 3.63) is 67.0 Å². The molecule has 3 heterocycles. The lowest BCUT2D eigenvalue weighted by Crippen LogP contribution is -1.98. The molecule has 0 bridgehead atoms. The Morgan fingerprint density at radius 3 is 2.83 bits per heavy atom. The van der Waals surface area contributed by atoms with Gasteiger partial charge in [0, 0.05) is 46.0 Å². The zero-order valence-corrected chi connectivity index (χ0v) is 16.0. The van der Waals surface area contributed by atoms with Crippen LogP contribution in [0.1, 0.15) is 5.69 Å². The number of anilines is 2. The Labute approximate surface area is 166 Å². The van der Waals surface area contributed by atoms with Crippen molar-refractivity contribution >= 4 is 33.3 Å². The molecule has 7 heteroatoms. The zero-order valence-electron chi connectivity index (χ0n) is 16.0. The van der Waals surface area contributed by atoms with Gasteiger partial charge in [0.15, 0.2) is 0 Å². The van der Waals surface area contributed by atoms with Crippen molar-refractivity contribution in [1.29, 1.82) is 0 Å². The lowest BCUT2D eigenvalue weighted by atomic mass is 10.1. The van der Waals surface area contributed by atoms with E-state index in [1.54, 1.807) is 25.8 Å². The average Bonchev–Trinajstić information content (AvgIpc) is 3.21. The first-order chi connectivity index (χ1) is 14.2. The third-order valence-electron chi connectivity index (χ3n) is 4.80. The molecule has 5 rings (SSSR count). The van der Waals surface area contributed by atoms with E-state index in [-0.39, 0.29) is 0 Å². The number of H-pyrrole nitrogens is 1. The SMILES string of the molecule is COc1cc2ncnc(Nc3ccc4[nH]ccc4c3)c2cc1-c1cncc(C)n1. The fourth-order valence-electron chi connectivity index (χ4n) is 3.41. The summed E-state index contributed by atoms with van der Waals surface area (Å²) >= 11 is 0. The molecule has 3 aromatic heterocycles. The number of aromatic nitrogens is 5. The van der Waals surface area contributed by atoms with Gasteiger partial charge in [-0.15, -0.1) is 0 Å². The molecular formula is C22H18N6O. The second kappa shape index (κ2) is 6.87. The van der Waals surface area contributed by atoms with E-state index in [0.29, 0.717) is 5.75 Å². The van der Waals surface area contributed by atoms with Gasteiger partial charge < -0.3 is 15.0 Å². The molecule has 0 saturated carbocycles. The summed E-state index contributed by atoms with van der Waals surface area (Å²) in [6, 6.07) is 12.1. The van der Waals surface area contributed by atoms with Crippen LogP contribution in [0.3, 0.4) is 0 Å². The standard InChI is InChI=1S/C22H18N6O/c1-13-10-23-11-20(27-13)16-8-17-19(9-21(16)29-2)25-12-26-22(17)28-15-3-4-18-14(7-15)5-6-24-18/h3-12,24H,1-2H3,(H,25,26,28). The first kappa shape index (κ1) is 17.1. The van der Waals surface area contributed by atoms with Crippen LogP contribution in [0.5, 0.6) is 5.75 Å². The van der Waals surface area contributed by atoms with E-state index in [9.17, 15) is 0 Å². The van der Waals surface area contributed by atoms with Gasteiger partial charge in [-0.1, -0.05) is 0 Å². The van der Waals surface area contributed by atoms with E-state index in [1.807, 2.05) is 43.5 Å². The first-order valence-electron chi connectivity index (χ1n) is 9.17. The zero-order chi connectivity index (χ0) is 19.8. The number of ether oxygens (including phenoxy) is 1. The topological polar surface area (TPSA) is 88.6 Å². The Morgan fingerprint density at radius 2 is 1.97 bits per heavy atom. The molecule has 7 nitrogen and oxygen atoms in total. The molecule has 0 aliphatic rings. The number of fused-ring (bicyclic) bond motifs is 2. The number of nitrogens with one attached hydrogen (secondary N) is 2. The quantitative estimate of drug-likeness (QED) is 0.471. The summed E-state index contributed by atoms with van der Waals surface area (Å²) in [5, 5.41) is 5.42. The lowest BCUT2D eigenvalue weighted by molar-refractivity contribution is 0.417. The molecule has 0 unspecified atom stereocenters. The van der Waals surface area contributed by atoms with E-state index < -0.39 is 0 Å². The molecule has 0 aliphatic heterocycles. The normalized spacial score (nSPS) is 11.1. The number of nitrogens with zero attached hydrogens (tertiary/aromatic N) is 4. The summed E-state index contributed by atoms with van der Waals surface area (Å²) in [7, 11) is 1.64. The minimum atomic E-state index is 0.691. The van der Waals surface area contributed by atoms with E-state index in [1.165, 1.54) is 0 Å². The molecule has 0 amide bonds. The van der Waals surface area contributed by atoms with Crippen molar-refractivity contribution in [1.82, 2.24) is 24.9 Å². The fourth-order valence-corrected chi connectivity index (χ4v) is 3.41. The second-order valence-electron chi connectivity index (χ2n) is 6.74. The summed E-state index contributed by atoms with van der Waals surface area (Å²) in [5.74, 6) is 1.41. The van der Waals surface area contributed by atoms with Gasteiger partial charge in [-0.25, -0.2) is 15.0 Å². The van der Waals surface area contributed by atoms with Gasteiger partial charge in [0.2, 0.25) is 0 Å². The predicted molar refractivity (Wildman–Crippen MR) is 113 cm³/mol. The Hall–Kier alpha value is -4.00. The van der Waals surface area contributed by atoms with E-state index in [0.717, 1.165) is 50.3 Å². The Morgan fingerprint density at radius 1 is 1.03 bits per heavy atom. The van der Waals surface area contributed by atoms with Gasteiger partial charge in [-0.3, -0.25) is 4.98 Å². The third kappa shape index (κ3) is 3.12. The van der Waals surface area contributed by atoms with Crippen LogP contribution in [-0.2, 0) is 0 Å². The van der Waals surface area contributed by atoms with Gasteiger partial charge in [-0.2, -0.15) is 0 Å². The van der Waals surface area contributed by atoms with Gasteiger partial charge in [-0.05, 0) is 37.3 Å². The molecule has 5 aromatic rings. The molecule has 0 atom stereocenters. The molecule has 0 aliphatic carbocycles. The average molecular weight is 382 g/mol. The molecule has 2 N–H and O–H groups in total. The molecule has 0 radical (unpaired) electrons. The van der Waals surface area contributed by atoms with Crippen molar-refractivity contribution < 1.29 is 4.74 Å². The summed E-state index contributed by atoms with van der Waals surface area (Å²) in [6.45, 7) is 1.91. The maximum absolute atomic E-state index is 5.59. The largest absolute Gasteiger partial charge is 0.496 e. The Kier molecular flexibility index (Phi) is 4.05. The third-order valence-corrected chi connectivity index (χ3v) is 4.80. The number of aryl methyl sites for hydroxylation is 1. The minimum absolute atomic E-state index is 0.691. The smallest absolute Gasteiger partial charge is 0.141 e. The fraction of sp³-hybridized carbons (Fsp3) is 0.0909. The van der Waals surface area contributed by atoms with E-state index in [2.05, 4.69) is 36.3 Å². The maximum Gasteiger partial charge on any atom is 0.141 e. The van der Waals surface area contributed by atoms with Crippen molar-refractivity contribution in [3.63, 3.8) is 0 Å². The molecule has 29 heavy (non-hydrogen) atoms. The van der Waals surface area contributed by atoms with Crippen LogP contribution in [-0.4, -0.2) is 32.0 Å². The van der Waals surface area contributed by atoms with E-state index >= 15 is 0 Å². The molecule has 0 fully saturated rings. The number of benzene rings is 2. The van der Waals surface area contributed by atoms with Crippen molar-refractivity contribution in [3.8, 4) is 17.0 Å². The maximum atomic E-state index is 5.59. The highest BCUT2D eigenvalue weighted by Gasteiger charge is 2.14. The number of rotatable bonds is 4. The summed E-state index contributed by atoms with van der Waals surface area (Å²) < 4.78 is 5.59. The lowest BCUT2D eigenvalue weighted by Gasteiger charge is -2.13. The van der Waals surface area contributed by atoms with Crippen LogP contribution in [0, 0.1) is 6.92 Å². The Balaban J connectivity index is 1.64. The van der Waals surface area contributed by atoms with Crippen LogP contribution in [0.25, 0.3) is 33.1 Å². The predicted octanol–water partition coefficient (Wildman–Crippen LogP) is 4.63. The highest BCUT2D eigenvalue weighted by Crippen LogP contribution is 2.35. The monoisotopic (exact) mass is 382 g/mol. The minimum Gasteiger partial charge on any atom is -0.496 e. The molecule has 142 valence electrons. The number of hydrogen-bond donors (Lipinski definition) is 2. The van der Waals surface area contributed by atoms with E-state index in [4.69, 9.17) is 4.74 Å². The van der Waals surface area contributed by atoms with Crippen LogP contribution in [0.4, 0.5) is 11.5 Å². The van der Waals surface area contributed by atoms with Gasteiger partial charge in [0.05, 0.1) is 30.2 Å². The summed E-state index contributed by atoms with van der Waals surface area (Å²) in [6.07, 6.45) is 6.93. The van der Waals surface area contributed by atoms with Crippen molar-refractivity contribution in [2.24, 2.45) is 0 Å². The number of methoxy groups -OCH3 is 1. The van der Waals surface area contributed by atoms with Crippen LogP contribution in [0.15, 0.2) is 61.3 Å². The first-order valence-corrected chi connectivity index (χ1v) is 9.17. The van der Waals surface area contributed by atoms with Crippen molar-refractivity contribution in [2.75, 3.05) is 12.4 Å².